The molecule has 1 N–H and O–H groups in total. The predicted molar refractivity (Wildman–Crippen MR) is 85.8 cm³/mol. The molecule has 1 aromatic carbocycles. The zero-order valence-electron chi connectivity index (χ0n) is 11.9. The van der Waals surface area contributed by atoms with Crippen molar-refractivity contribution < 1.29 is 0 Å². The van der Waals surface area contributed by atoms with Gasteiger partial charge in [0, 0.05) is 25.5 Å². The maximum absolute atomic E-state index is 4.71. The van der Waals surface area contributed by atoms with E-state index in [-0.39, 0.29) is 0 Å². The summed E-state index contributed by atoms with van der Waals surface area (Å²) in [5.41, 5.74) is 4.61. The average molecular weight is 278 g/mol. The van der Waals surface area contributed by atoms with Crippen LogP contribution < -0.4 is 10.2 Å². The van der Waals surface area contributed by atoms with Crippen LogP contribution in [0.3, 0.4) is 0 Å². The Morgan fingerprint density at radius 3 is 2.95 bits per heavy atom. The molecule has 0 saturated heterocycles. The summed E-state index contributed by atoms with van der Waals surface area (Å²) in [4.78, 5) is 7.13. The Kier molecular flexibility index (Phi) is 2.99. The molecule has 4 rings (SSSR count). The number of para-hydroxylation sites is 2. The van der Waals surface area contributed by atoms with Crippen LogP contribution in [0, 0.1) is 0 Å². The third-order valence-electron chi connectivity index (χ3n) is 3.93. The molecule has 3 aromatic rings. The molecule has 0 spiro atoms. The van der Waals surface area contributed by atoms with Crippen molar-refractivity contribution in [2.24, 2.45) is 0 Å². The van der Waals surface area contributed by atoms with E-state index in [1.54, 1.807) is 0 Å². The van der Waals surface area contributed by atoms with Crippen molar-refractivity contribution in [3.8, 4) is 0 Å². The van der Waals surface area contributed by atoms with Crippen LogP contribution in [0.15, 0.2) is 54.9 Å². The highest BCUT2D eigenvalue weighted by molar-refractivity contribution is 5.70. The number of benzene rings is 1. The highest BCUT2D eigenvalue weighted by Gasteiger charge is 2.15. The number of fused-ring (bicyclic) bond motifs is 2. The molecular formula is C17H18N4. The van der Waals surface area contributed by atoms with E-state index in [2.05, 4.69) is 45.1 Å². The summed E-state index contributed by atoms with van der Waals surface area (Å²) in [6, 6.07) is 14.6. The number of anilines is 2. The van der Waals surface area contributed by atoms with Gasteiger partial charge >= 0.3 is 0 Å². The second kappa shape index (κ2) is 5.13. The molecule has 0 amide bonds. The van der Waals surface area contributed by atoms with Gasteiger partial charge in [0.15, 0.2) is 0 Å². The quantitative estimate of drug-likeness (QED) is 0.781. The first-order chi connectivity index (χ1) is 10.4. The number of imidazole rings is 1. The Morgan fingerprint density at radius 1 is 1.10 bits per heavy atom. The van der Waals surface area contributed by atoms with E-state index < -0.39 is 0 Å². The molecule has 4 heteroatoms. The molecule has 0 saturated carbocycles. The zero-order chi connectivity index (χ0) is 14.1. The molecule has 0 aliphatic carbocycles. The van der Waals surface area contributed by atoms with Crippen LogP contribution in [0.5, 0.6) is 0 Å². The van der Waals surface area contributed by atoms with Crippen molar-refractivity contribution in [3.63, 3.8) is 0 Å². The smallest absolute Gasteiger partial charge is 0.137 e. The molecule has 0 fully saturated rings. The van der Waals surface area contributed by atoms with Crippen LogP contribution in [0.1, 0.15) is 12.1 Å². The number of nitrogens with zero attached hydrogens (tertiary/aromatic N) is 3. The number of hydrogen-bond donors (Lipinski definition) is 1. The summed E-state index contributed by atoms with van der Waals surface area (Å²) in [6.07, 6.45) is 5.31. The molecule has 0 bridgehead atoms. The molecule has 3 heterocycles. The van der Waals surface area contributed by atoms with Crippen molar-refractivity contribution in [1.29, 1.82) is 0 Å². The number of aromatic nitrogens is 2. The van der Waals surface area contributed by atoms with E-state index >= 15 is 0 Å². The summed E-state index contributed by atoms with van der Waals surface area (Å²) < 4.78 is 2.08. The number of rotatable bonds is 2. The van der Waals surface area contributed by atoms with Crippen LogP contribution in [-0.2, 0) is 6.54 Å². The summed E-state index contributed by atoms with van der Waals surface area (Å²) in [5, 5.41) is 3.50. The van der Waals surface area contributed by atoms with Crippen molar-refractivity contribution >= 4 is 17.0 Å². The Hall–Kier alpha value is -2.49. The third kappa shape index (κ3) is 2.33. The predicted octanol–water partition coefficient (Wildman–Crippen LogP) is 3.16. The van der Waals surface area contributed by atoms with Crippen molar-refractivity contribution in [2.75, 3.05) is 23.3 Å². The summed E-state index contributed by atoms with van der Waals surface area (Å²) in [5.74, 6) is 0. The molecule has 4 nitrogen and oxygen atoms in total. The molecule has 0 unspecified atom stereocenters. The van der Waals surface area contributed by atoms with Crippen LogP contribution in [-0.4, -0.2) is 22.5 Å². The van der Waals surface area contributed by atoms with E-state index in [4.69, 9.17) is 4.98 Å². The minimum absolute atomic E-state index is 0.848. The fourth-order valence-corrected chi connectivity index (χ4v) is 2.94. The van der Waals surface area contributed by atoms with Gasteiger partial charge in [-0.15, -0.1) is 0 Å². The lowest BCUT2D eigenvalue weighted by Crippen LogP contribution is -2.23. The van der Waals surface area contributed by atoms with Gasteiger partial charge in [-0.2, -0.15) is 0 Å². The van der Waals surface area contributed by atoms with Crippen molar-refractivity contribution in [2.45, 2.75) is 13.0 Å². The van der Waals surface area contributed by atoms with E-state index in [0.717, 1.165) is 37.4 Å². The minimum atomic E-state index is 0.848. The Labute approximate surface area is 124 Å². The first-order valence-corrected chi connectivity index (χ1v) is 7.41. The molecular weight excluding hydrogens is 260 g/mol. The lowest BCUT2D eigenvalue weighted by molar-refractivity contribution is 0.755. The highest BCUT2D eigenvalue weighted by Crippen LogP contribution is 2.29. The Morgan fingerprint density at radius 2 is 2.00 bits per heavy atom. The third-order valence-corrected chi connectivity index (χ3v) is 3.93. The van der Waals surface area contributed by atoms with Gasteiger partial charge in [0.1, 0.15) is 5.65 Å². The SMILES string of the molecule is c1ccc2c(c1)NCCCN2Cc1cn2ccccc2n1. The van der Waals surface area contributed by atoms with Crippen LogP contribution in [0.4, 0.5) is 11.4 Å². The molecule has 0 atom stereocenters. The second-order valence-electron chi connectivity index (χ2n) is 5.42. The lowest BCUT2D eigenvalue weighted by atomic mass is 10.2. The van der Waals surface area contributed by atoms with E-state index in [1.165, 1.54) is 11.4 Å². The zero-order valence-corrected chi connectivity index (χ0v) is 11.9. The molecule has 21 heavy (non-hydrogen) atoms. The van der Waals surface area contributed by atoms with Gasteiger partial charge in [-0.1, -0.05) is 18.2 Å². The van der Waals surface area contributed by atoms with Gasteiger partial charge in [0.05, 0.1) is 23.6 Å². The Balaban J connectivity index is 1.67. The second-order valence-corrected chi connectivity index (χ2v) is 5.42. The van der Waals surface area contributed by atoms with Crippen LogP contribution >= 0.6 is 0 Å². The summed E-state index contributed by atoms with van der Waals surface area (Å²) in [7, 11) is 0. The summed E-state index contributed by atoms with van der Waals surface area (Å²) in [6.45, 7) is 2.93. The van der Waals surface area contributed by atoms with Crippen LogP contribution in [0.2, 0.25) is 0 Å². The average Bonchev–Trinajstić information content (AvgIpc) is 2.82. The topological polar surface area (TPSA) is 32.6 Å². The normalized spacial score (nSPS) is 14.6. The molecule has 1 aliphatic rings. The standard InChI is InChI=1S/C17H18N4/c1-2-7-16-15(6-1)18-9-5-11-20(16)12-14-13-21-10-4-3-8-17(21)19-14/h1-4,6-8,10,13,18H,5,9,11-12H2. The monoisotopic (exact) mass is 278 g/mol. The molecule has 0 radical (unpaired) electrons. The van der Waals surface area contributed by atoms with E-state index in [0.29, 0.717) is 0 Å². The van der Waals surface area contributed by atoms with Crippen molar-refractivity contribution in [3.05, 3.63) is 60.6 Å². The van der Waals surface area contributed by atoms with E-state index in [1.807, 2.05) is 24.4 Å². The first kappa shape index (κ1) is 12.3. The largest absolute Gasteiger partial charge is 0.383 e. The highest BCUT2D eigenvalue weighted by atomic mass is 15.2. The lowest BCUT2D eigenvalue weighted by Gasteiger charge is -2.23. The van der Waals surface area contributed by atoms with Gasteiger partial charge in [-0.05, 0) is 30.7 Å². The molecule has 2 aromatic heterocycles. The molecule has 106 valence electrons. The van der Waals surface area contributed by atoms with Crippen molar-refractivity contribution in [1.82, 2.24) is 9.38 Å². The van der Waals surface area contributed by atoms with Gasteiger partial charge < -0.3 is 14.6 Å². The fourth-order valence-electron chi connectivity index (χ4n) is 2.94. The maximum Gasteiger partial charge on any atom is 0.137 e. The number of hydrogen-bond acceptors (Lipinski definition) is 3. The van der Waals surface area contributed by atoms with Gasteiger partial charge in [-0.3, -0.25) is 0 Å². The first-order valence-electron chi connectivity index (χ1n) is 7.41. The minimum Gasteiger partial charge on any atom is -0.383 e. The number of nitrogens with one attached hydrogen (secondary N) is 1. The van der Waals surface area contributed by atoms with E-state index in [9.17, 15) is 0 Å². The Bertz CT molecular complexity index is 729. The van der Waals surface area contributed by atoms with Gasteiger partial charge in [-0.25, -0.2) is 4.98 Å². The maximum atomic E-state index is 4.71. The summed E-state index contributed by atoms with van der Waals surface area (Å²) >= 11 is 0. The fraction of sp³-hybridized carbons (Fsp3) is 0.235. The van der Waals surface area contributed by atoms with Crippen LogP contribution in [0.25, 0.3) is 5.65 Å². The van der Waals surface area contributed by atoms with Gasteiger partial charge in [0.25, 0.3) is 0 Å². The molecule has 1 aliphatic heterocycles. The van der Waals surface area contributed by atoms with Gasteiger partial charge in [0.2, 0.25) is 0 Å². The number of pyridine rings is 1.